The standard InChI is InChI=1S/C29H42FN5O4S/c1-19(2)18-39-24-13-21(12-22(30)14-24)26-10-9-25(27(32-26)35-16-20(3)15-29(35,4)5)28(36)33-40(37,38)34-11-7-8-23(17-34)31-6/h9-10,12-14,19-20,23,31H,7-8,11,15-18H2,1-6H3,(H,33,36). The summed E-state index contributed by atoms with van der Waals surface area (Å²) in [5.74, 6) is 0.202. The first-order valence-corrected chi connectivity index (χ1v) is 15.4. The Morgan fingerprint density at radius 2 is 1.98 bits per heavy atom. The minimum Gasteiger partial charge on any atom is -0.493 e. The normalized spacial score (nSPS) is 21.6. The van der Waals surface area contributed by atoms with E-state index in [1.807, 2.05) is 13.8 Å². The molecule has 2 atom stereocenters. The Kier molecular flexibility index (Phi) is 9.06. The summed E-state index contributed by atoms with van der Waals surface area (Å²) in [5, 5.41) is 3.12. The molecule has 2 aliphatic rings. The quantitative estimate of drug-likeness (QED) is 0.462. The summed E-state index contributed by atoms with van der Waals surface area (Å²) in [6, 6.07) is 7.68. The van der Waals surface area contributed by atoms with Gasteiger partial charge in [0.15, 0.2) is 0 Å². The van der Waals surface area contributed by atoms with Crippen LogP contribution in [-0.2, 0) is 10.2 Å². The van der Waals surface area contributed by atoms with Gasteiger partial charge in [-0.25, -0.2) is 14.1 Å². The molecule has 11 heteroatoms. The second kappa shape index (κ2) is 12.0. The molecule has 220 valence electrons. The molecule has 0 saturated carbocycles. The van der Waals surface area contributed by atoms with E-state index in [-0.39, 0.29) is 23.1 Å². The maximum atomic E-state index is 14.6. The van der Waals surface area contributed by atoms with Crippen molar-refractivity contribution in [2.24, 2.45) is 11.8 Å². The third kappa shape index (κ3) is 6.92. The number of carbonyl (C=O) groups is 1. The highest BCUT2D eigenvalue weighted by molar-refractivity contribution is 7.87. The molecule has 1 aromatic carbocycles. The molecule has 0 spiro atoms. The number of likely N-dealkylation sites (N-methyl/N-ethyl adjacent to an activating group) is 1. The van der Waals surface area contributed by atoms with E-state index >= 15 is 0 Å². The van der Waals surface area contributed by atoms with Crippen LogP contribution in [0.2, 0.25) is 0 Å². The zero-order chi connectivity index (χ0) is 29.2. The lowest BCUT2D eigenvalue weighted by molar-refractivity contribution is 0.0978. The van der Waals surface area contributed by atoms with Crippen LogP contribution in [0.5, 0.6) is 5.75 Å². The first kappa shape index (κ1) is 30.2. The third-order valence-electron chi connectivity index (χ3n) is 7.55. The number of halogens is 1. The van der Waals surface area contributed by atoms with Crippen LogP contribution < -0.4 is 19.7 Å². The highest BCUT2D eigenvalue weighted by atomic mass is 32.2. The van der Waals surface area contributed by atoms with E-state index in [0.29, 0.717) is 61.4 Å². The summed E-state index contributed by atoms with van der Waals surface area (Å²) in [6.45, 7) is 12.1. The summed E-state index contributed by atoms with van der Waals surface area (Å²) < 4.78 is 50.3. The van der Waals surface area contributed by atoms with Gasteiger partial charge in [0.2, 0.25) is 0 Å². The van der Waals surface area contributed by atoms with Crippen molar-refractivity contribution in [3.8, 4) is 17.0 Å². The first-order chi connectivity index (χ1) is 18.8. The van der Waals surface area contributed by atoms with Crippen LogP contribution in [0.4, 0.5) is 10.2 Å². The lowest BCUT2D eigenvalue weighted by Gasteiger charge is -2.34. The zero-order valence-corrected chi connectivity index (χ0v) is 25.1. The van der Waals surface area contributed by atoms with Gasteiger partial charge in [0.25, 0.3) is 5.91 Å². The topological polar surface area (TPSA) is 104 Å². The van der Waals surface area contributed by atoms with Crippen LogP contribution in [-0.4, -0.2) is 68.5 Å². The molecule has 2 aromatic rings. The van der Waals surface area contributed by atoms with Crippen molar-refractivity contribution in [1.29, 1.82) is 0 Å². The highest BCUT2D eigenvalue weighted by Gasteiger charge is 2.39. The summed E-state index contributed by atoms with van der Waals surface area (Å²) in [5.41, 5.74) is 0.811. The molecular formula is C29H42FN5O4S. The van der Waals surface area contributed by atoms with E-state index in [0.717, 1.165) is 12.8 Å². The van der Waals surface area contributed by atoms with E-state index in [1.54, 1.807) is 25.2 Å². The van der Waals surface area contributed by atoms with Crippen LogP contribution in [0.15, 0.2) is 30.3 Å². The number of nitrogens with zero attached hydrogens (tertiary/aromatic N) is 3. The van der Waals surface area contributed by atoms with E-state index < -0.39 is 21.9 Å². The van der Waals surface area contributed by atoms with Crippen molar-refractivity contribution < 1.29 is 22.3 Å². The first-order valence-electron chi connectivity index (χ1n) is 14.0. The fourth-order valence-electron chi connectivity index (χ4n) is 5.64. The van der Waals surface area contributed by atoms with Gasteiger partial charge in [-0.3, -0.25) is 4.79 Å². The lowest BCUT2D eigenvalue weighted by atomic mass is 9.97. The Morgan fingerprint density at radius 1 is 1.23 bits per heavy atom. The maximum Gasteiger partial charge on any atom is 0.304 e. The van der Waals surface area contributed by atoms with E-state index in [9.17, 15) is 17.6 Å². The number of pyridine rings is 1. The lowest BCUT2D eigenvalue weighted by Crippen LogP contribution is -2.52. The number of aromatic nitrogens is 1. The van der Waals surface area contributed by atoms with E-state index in [4.69, 9.17) is 9.72 Å². The molecule has 2 unspecified atom stereocenters. The van der Waals surface area contributed by atoms with Gasteiger partial charge in [0, 0.05) is 42.8 Å². The van der Waals surface area contributed by atoms with Crippen LogP contribution >= 0.6 is 0 Å². The minimum absolute atomic E-state index is 0.0319. The number of hydrogen-bond donors (Lipinski definition) is 2. The molecular weight excluding hydrogens is 533 g/mol. The Morgan fingerprint density at radius 3 is 2.62 bits per heavy atom. The number of amides is 1. The zero-order valence-electron chi connectivity index (χ0n) is 24.3. The van der Waals surface area contributed by atoms with Crippen molar-refractivity contribution >= 4 is 21.9 Å². The van der Waals surface area contributed by atoms with E-state index in [2.05, 4.69) is 35.7 Å². The second-order valence-corrected chi connectivity index (χ2v) is 13.8. The van der Waals surface area contributed by atoms with Gasteiger partial charge < -0.3 is 15.0 Å². The Balaban J connectivity index is 1.71. The van der Waals surface area contributed by atoms with Gasteiger partial charge >= 0.3 is 10.2 Å². The summed E-state index contributed by atoms with van der Waals surface area (Å²) in [7, 11) is -2.26. The molecule has 2 fully saturated rings. The highest BCUT2D eigenvalue weighted by Crippen LogP contribution is 2.38. The van der Waals surface area contributed by atoms with Gasteiger partial charge in [-0.2, -0.15) is 12.7 Å². The third-order valence-corrected chi connectivity index (χ3v) is 9.01. The smallest absolute Gasteiger partial charge is 0.304 e. The van der Waals surface area contributed by atoms with Crippen molar-refractivity contribution in [3.63, 3.8) is 0 Å². The Labute approximate surface area is 237 Å². The number of anilines is 1. The molecule has 2 saturated heterocycles. The second-order valence-electron chi connectivity index (χ2n) is 12.1. The van der Waals surface area contributed by atoms with Crippen LogP contribution in [0.25, 0.3) is 11.3 Å². The van der Waals surface area contributed by atoms with Gasteiger partial charge in [0.05, 0.1) is 17.9 Å². The predicted molar refractivity (Wildman–Crippen MR) is 155 cm³/mol. The SMILES string of the molecule is CNC1CCCN(S(=O)(=O)NC(=O)c2ccc(-c3cc(F)cc(OCC(C)C)c3)nc2N2CC(C)CC2(C)C)C1. The largest absolute Gasteiger partial charge is 0.493 e. The number of rotatable bonds is 9. The summed E-state index contributed by atoms with van der Waals surface area (Å²) >= 11 is 0. The van der Waals surface area contributed by atoms with Gasteiger partial charge in [-0.05, 0) is 76.3 Å². The molecule has 4 rings (SSSR count). The number of benzene rings is 1. The molecule has 0 aliphatic carbocycles. The fourth-order valence-corrected chi connectivity index (χ4v) is 6.86. The molecule has 0 bridgehead atoms. The number of hydrogen-bond acceptors (Lipinski definition) is 7. The van der Waals surface area contributed by atoms with Crippen molar-refractivity contribution in [2.45, 2.75) is 65.5 Å². The molecule has 40 heavy (non-hydrogen) atoms. The molecule has 1 amide bonds. The summed E-state index contributed by atoms with van der Waals surface area (Å²) in [6.07, 6.45) is 2.46. The maximum absolute atomic E-state index is 14.6. The molecule has 2 N–H and O–H groups in total. The van der Waals surface area contributed by atoms with E-state index in [1.165, 1.54) is 16.4 Å². The molecule has 2 aliphatic heterocycles. The Hall–Kier alpha value is -2.76. The van der Waals surface area contributed by atoms with Crippen LogP contribution in [0.1, 0.15) is 64.2 Å². The monoisotopic (exact) mass is 575 g/mol. The Bertz CT molecular complexity index is 1330. The molecule has 3 heterocycles. The van der Waals surface area contributed by atoms with Gasteiger partial charge in [-0.1, -0.05) is 20.8 Å². The average molecular weight is 576 g/mol. The molecule has 9 nitrogen and oxygen atoms in total. The van der Waals surface area contributed by atoms with Gasteiger partial charge in [-0.15, -0.1) is 0 Å². The number of carbonyl (C=O) groups excluding carboxylic acids is 1. The molecule has 1 aromatic heterocycles. The molecule has 0 radical (unpaired) electrons. The fraction of sp³-hybridized carbons (Fsp3) is 0.586. The number of ether oxygens (including phenoxy) is 1. The predicted octanol–water partition coefficient (Wildman–Crippen LogP) is 4.21. The number of nitrogens with one attached hydrogen (secondary N) is 2. The van der Waals surface area contributed by atoms with Crippen LogP contribution in [0.3, 0.4) is 0 Å². The number of piperidine rings is 1. The van der Waals surface area contributed by atoms with Crippen molar-refractivity contribution in [1.82, 2.24) is 19.3 Å². The van der Waals surface area contributed by atoms with Crippen molar-refractivity contribution in [3.05, 3.63) is 41.7 Å². The average Bonchev–Trinajstić information content (AvgIpc) is 3.17. The summed E-state index contributed by atoms with van der Waals surface area (Å²) in [4.78, 5) is 20.4. The van der Waals surface area contributed by atoms with Gasteiger partial charge in [0.1, 0.15) is 17.4 Å². The van der Waals surface area contributed by atoms with Crippen LogP contribution in [0, 0.1) is 17.7 Å². The van der Waals surface area contributed by atoms with Crippen molar-refractivity contribution in [2.75, 3.05) is 38.2 Å². The minimum atomic E-state index is -4.06.